The van der Waals surface area contributed by atoms with Gasteiger partial charge in [-0.3, -0.25) is 4.79 Å². The molecule has 0 aromatic heterocycles. The van der Waals surface area contributed by atoms with Crippen molar-refractivity contribution in [3.05, 3.63) is 54.1 Å². The number of anilines is 2. The van der Waals surface area contributed by atoms with Gasteiger partial charge < -0.3 is 15.0 Å². The Labute approximate surface area is 202 Å². The summed E-state index contributed by atoms with van der Waals surface area (Å²) in [4.78, 5) is 15.1. The number of carbonyl (C=O) groups excluding carboxylic acids is 1. The van der Waals surface area contributed by atoms with Crippen molar-refractivity contribution in [3.63, 3.8) is 0 Å². The summed E-state index contributed by atoms with van der Waals surface area (Å²) >= 11 is 0. The SMILES string of the molecule is COc1ccc(/C=C/C(=O)Nc2ccccc2N2CCCCC2)cc1S(=O)(=O)N1CCCCC1. The first-order chi connectivity index (χ1) is 16.5. The van der Waals surface area contributed by atoms with Gasteiger partial charge in [0.2, 0.25) is 15.9 Å². The number of carbonyl (C=O) groups is 1. The van der Waals surface area contributed by atoms with Gasteiger partial charge in [0, 0.05) is 32.3 Å². The molecule has 0 radical (unpaired) electrons. The minimum Gasteiger partial charge on any atom is -0.495 e. The number of hydrogen-bond donors (Lipinski definition) is 1. The lowest BCUT2D eigenvalue weighted by Crippen LogP contribution is -2.35. The minimum atomic E-state index is -3.66. The average molecular weight is 484 g/mol. The topological polar surface area (TPSA) is 79.0 Å². The monoisotopic (exact) mass is 483 g/mol. The summed E-state index contributed by atoms with van der Waals surface area (Å²) in [6, 6.07) is 12.8. The first kappa shape index (κ1) is 24.3. The second-order valence-corrected chi connectivity index (χ2v) is 10.7. The summed E-state index contributed by atoms with van der Waals surface area (Å²) in [5, 5.41) is 2.98. The highest BCUT2D eigenvalue weighted by Crippen LogP contribution is 2.31. The fraction of sp³-hybridized carbons (Fsp3) is 0.423. The molecule has 34 heavy (non-hydrogen) atoms. The molecule has 4 rings (SSSR count). The summed E-state index contributed by atoms with van der Waals surface area (Å²) in [6.07, 6.45) is 9.39. The molecular weight excluding hydrogens is 450 g/mol. The van der Waals surface area contributed by atoms with Crippen LogP contribution in [0.4, 0.5) is 11.4 Å². The molecule has 0 bridgehead atoms. The van der Waals surface area contributed by atoms with E-state index in [4.69, 9.17) is 4.74 Å². The summed E-state index contributed by atoms with van der Waals surface area (Å²) in [5.74, 6) is 0.0448. The Morgan fingerprint density at radius 2 is 1.62 bits per heavy atom. The van der Waals surface area contributed by atoms with Gasteiger partial charge in [0.05, 0.1) is 18.5 Å². The lowest BCUT2D eigenvalue weighted by atomic mass is 10.1. The van der Waals surface area contributed by atoms with Crippen LogP contribution in [0.15, 0.2) is 53.4 Å². The Balaban J connectivity index is 1.51. The molecule has 0 aliphatic carbocycles. The lowest BCUT2D eigenvalue weighted by molar-refractivity contribution is -0.111. The van der Waals surface area contributed by atoms with Crippen LogP contribution in [0.1, 0.15) is 44.1 Å². The molecule has 0 atom stereocenters. The number of nitrogens with zero attached hydrogens (tertiary/aromatic N) is 2. The van der Waals surface area contributed by atoms with Crippen LogP contribution < -0.4 is 15.0 Å². The van der Waals surface area contributed by atoms with Crippen LogP contribution in [-0.4, -0.2) is 51.9 Å². The van der Waals surface area contributed by atoms with E-state index in [0.29, 0.717) is 24.4 Å². The maximum absolute atomic E-state index is 13.2. The van der Waals surface area contributed by atoms with Crippen LogP contribution in [0.5, 0.6) is 5.75 Å². The molecule has 2 aliphatic rings. The number of sulfonamides is 1. The molecular formula is C26H33N3O4S. The first-order valence-electron chi connectivity index (χ1n) is 12.0. The number of nitrogens with one attached hydrogen (secondary N) is 1. The van der Waals surface area contributed by atoms with Crippen LogP contribution in [0, 0.1) is 0 Å². The predicted molar refractivity (Wildman–Crippen MR) is 136 cm³/mol. The molecule has 1 amide bonds. The van der Waals surface area contributed by atoms with Gasteiger partial charge in [-0.2, -0.15) is 4.31 Å². The van der Waals surface area contributed by atoms with Crippen LogP contribution >= 0.6 is 0 Å². The van der Waals surface area contributed by atoms with Crippen LogP contribution in [0.25, 0.3) is 6.08 Å². The summed E-state index contributed by atoms with van der Waals surface area (Å²) < 4.78 is 33.3. The van der Waals surface area contributed by atoms with Crippen molar-refractivity contribution >= 4 is 33.4 Å². The molecule has 0 spiro atoms. The van der Waals surface area contributed by atoms with Gasteiger partial charge in [0.1, 0.15) is 10.6 Å². The van der Waals surface area contributed by atoms with E-state index in [-0.39, 0.29) is 10.8 Å². The van der Waals surface area contributed by atoms with Crippen LogP contribution in [-0.2, 0) is 14.8 Å². The van der Waals surface area contributed by atoms with E-state index in [9.17, 15) is 13.2 Å². The number of piperidine rings is 2. The molecule has 2 heterocycles. The molecule has 0 saturated carbocycles. The Morgan fingerprint density at radius 3 is 2.32 bits per heavy atom. The van der Waals surface area contributed by atoms with E-state index in [1.807, 2.05) is 24.3 Å². The van der Waals surface area contributed by atoms with Crippen molar-refractivity contribution in [2.75, 3.05) is 43.5 Å². The molecule has 2 aromatic carbocycles. The molecule has 2 aromatic rings. The quantitative estimate of drug-likeness (QED) is 0.586. The zero-order valence-corrected chi connectivity index (χ0v) is 20.5. The number of benzene rings is 2. The summed E-state index contributed by atoms with van der Waals surface area (Å²) in [6.45, 7) is 3.01. The lowest BCUT2D eigenvalue weighted by Gasteiger charge is -2.30. The second kappa shape index (κ2) is 11.1. The Morgan fingerprint density at radius 1 is 0.941 bits per heavy atom. The third kappa shape index (κ3) is 5.62. The van der Waals surface area contributed by atoms with Gasteiger partial charge in [-0.15, -0.1) is 0 Å². The van der Waals surface area contributed by atoms with Crippen molar-refractivity contribution in [1.29, 1.82) is 0 Å². The Hall–Kier alpha value is -2.84. The van der Waals surface area contributed by atoms with Crippen molar-refractivity contribution in [1.82, 2.24) is 4.31 Å². The normalized spacial score (nSPS) is 17.6. The Bertz CT molecular complexity index is 1130. The van der Waals surface area contributed by atoms with Gasteiger partial charge in [-0.25, -0.2) is 8.42 Å². The highest BCUT2D eigenvalue weighted by molar-refractivity contribution is 7.89. The maximum atomic E-state index is 13.2. The van der Waals surface area contributed by atoms with Gasteiger partial charge >= 0.3 is 0 Å². The molecule has 1 N–H and O–H groups in total. The number of methoxy groups -OCH3 is 1. The van der Waals surface area contributed by atoms with Crippen molar-refractivity contribution in [3.8, 4) is 5.75 Å². The standard InChI is InChI=1S/C26H33N3O4S/c1-33-24-14-12-21(20-25(24)34(31,32)29-18-8-3-9-19-29)13-15-26(30)27-22-10-4-5-11-23(22)28-16-6-2-7-17-28/h4-5,10-15,20H,2-3,6-9,16-19H2,1H3,(H,27,30)/b15-13+. The largest absolute Gasteiger partial charge is 0.495 e. The fourth-order valence-electron chi connectivity index (χ4n) is 4.58. The van der Waals surface area contributed by atoms with E-state index in [1.165, 1.54) is 23.9 Å². The zero-order chi connectivity index (χ0) is 24.0. The molecule has 2 aliphatic heterocycles. The predicted octanol–water partition coefficient (Wildman–Crippen LogP) is 4.51. The number of hydrogen-bond acceptors (Lipinski definition) is 5. The van der Waals surface area contributed by atoms with E-state index in [2.05, 4.69) is 10.2 Å². The smallest absolute Gasteiger partial charge is 0.248 e. The van der Waals surface area contributed by atoms with Crippen molar-refractivity contribution in [2.45, 2.75) is 43.4 Å². The second-order valence-electron chi connectivity index (χ2n) is 8.76. The summed E-state index contributed by atoms with van der Waals surface area (Å²) in [5.41, 5.74) is 2.43. The minimum absolute atomic E-state index is 0.134. The van der Waals surface area contributed by atoms with Gasteiger partial charge in [0.25, 0.3) is 0 Å². The number of rotatable bonds is 7. The highest BCUT2D eigenvalue weighted by Gasteiger charge is 2.29. The highest BCUT2D eigenvalue weighted by atomic mass is 32.2. The van der Waals surface area contributed by atoms with E-state index in [0.717, 1.165) is 56.6 Å². The fourth-order valence-corrected chi connectivity index (χ4v) is 6.29. The van der Waals surface area contributed by atoms with Gasteiger partial charge in [-0.05, 0) is 68.0 Å². The van der Waals surface area contributed by atoms with Crippen molar-refractivity contribution in [2.24, 2.45) is 0 Å². The van der Waals surface area contributed by atoms with Crippen LogP contribution in [0.2, 0.25) is 0 Å². The summed E-state index contributed by atoms with van der Waals surface area (Å²) in [7, 11) is -2.20. The molecule has 0 unspecified atom stereocenters. The third-order valence-corrected chi connectivity index (χ3v) is 8.33. The van der Waals surface area contributed by atoms with E-state index >= 15 is 0 Å². The number of amides is 1. The molecule has 182 valence electrons. The van der Waals surface area contributed by atoms with Crippen LogP contribution in [0.3, 0.4) is 0 Å². The van der Waals surface area contributed by atoms with Crippen molar-refractivity contribution < 1.29 is 17.9 Å². The van der Waals surface area contributed by atoms with Gasteiger partial charge in [-0.1, -0.05) is 24.6 Å². The van der Waals surface area contributed by atoms with E-state index < -0.39 is 10.0 Å². The molecule has 7 nitrogen and oxygen atoms in total. The molecule has 2 fully saturated rings. The first-order valence-corrected chi connectivity index (χ1v) is 13.4. The number of ether oxygens (including phenoxy) is 1. The van der Waals surface area contributed by atoms with Gasteiger partial charge in [0.15, 0.2) is 0 Å². The zero-order valence-electron chi connectivity index (χ0n) is 19.7. The Kier molecular flexibility index (Phi) is 7.90. The average Bonchev–Trinajstić information content (AvgIpc) is 2.88. The third-order valence-electron chi connectivity index (χ3n) is 6.41. The maximum Gasteiger partial charge on any atom is 0.248 e. The van der Waals surface area contributed by atoms with E-state index in [1.54, 1.807) is 24.3 Å². The molecule has 8 heteroatoms. The molecule has 2 saturated heterocycles. The number of para-hydroxylation sites is 2.